The predicted octanol–water partition coefficient (Wildman–Crippen LogP) is 2.97. The predicted molar refractivity (Wildman–Crippen MR) is 71.4 cm³/mol. The molecule has 16 heavy (non-hydrogen) atoms. The summed E-state index contributed by atoms with van der Waals surface area (Å²) >= 11 is 5.21. The minimum Gasteiger partial charge on any atom is -0.335 e. The van der Waals surface area contributed by atoms with Crippen LogP contribution in [0.25, 0.3) is 0 Å². The average molecular weight is 241 g/mol. The quantitative estimate of drug-likeness (QED) is 0.611. The molecule has 1 N–H and O–H groups in total. The van der Waals surface area contributed by atoms with E-state index < -0.39 is 0 Å². The molecule has 0 saturated heterocycles. The van der Waals surface area contributed by atoms with Crippen LogP contribution >= 0.6 is 12.2 Å². The molecule has 3 nitrogen and oxygen atoms in total. The van der Waals surface area contributed by atoms with Crippen LogP contribution in [-0.2, 0) is 6.54 Å². The summed E-state index contributed by atoms with van der Waals surface area (Å²) in [6.45, 7) is 8.68. The molecular weight excluding hydrogens is 218 g/mol. The highest BCUT2D eigenvalue weighted by molar-refractivity contribution is 7.71. The first-order chi connectivity index (χ1) is 7.50. The number of rotatable bonds is 6. The van der Waals surface area contributed by atoms with Gasteiger partial charge in [-0.2, -0.15) is 0 Å². The van der Waals surface area contributed by atoms with E-state index >= 15 is 0 Å². The first kappa shape index (κ1) is 13.5. The largest absolute Gasteiger partial charge is 0.335 e. The van der Waals surface area contributed by atoms with Crippen LogP contribution in [0.4, 0.5) is 0 Å². The Balaban J connectivity index is 2.26. The Kier molecular flexibility index (Phi) is 5.22. The Morgan fingerprint density at radius 3 is 2.62 bits per heavy atom. The van der Waals surface area contributed by atoms with Crippen LogP contribution in [0.2, 0.25) is 0 Å². The number of unbranched alkanes of at least 4 members (excludes halogenated alkanes) is 1. The lowest BCUT2D eigenvalue weighted by Gasteiger charge is -2.20. The second-order valence-corrected chi connectivity index (χ2v) is 5.10. The van der Waals surface area contributed by atoms with Crippen LogP contribution in [0, 0.1) is 11.7 Å². The first-order valence-electron chi connectivity index (χ1n) is 5.97. The molecule has 4 heteroatoms. The van der Waals surface area contributed by atoms with Gasteiger partial charge in [0.1, 0.15) is 0 Å². The number of aromatic amines is 1. The molecule has 0 aliphatic carbocycles. The molecular formula is C12H23N3S. The van der Waals surface area contributed by atoms with Crippen LogP contribution in [0.1, 0.15) is 32.4 Å². The van der Waals surface area contributed by atoms with Crippen LogP contribution in [0.15, 0.2) is 6.20 Å². The number of nitrogens with zero attached hydrogens (tertiary/aromatic N) is 2. The molecule has 0 bridgehead atoms. The van der Waals surface area contributed by atoms with E-state index in [1.807, 2.05) is 6.92 Å². The summed E-state index contributed by atoms with van der Waals surface area (Å²) in [4.78, 5) is 5.52. The molecule has 1 heterocycles. The minimum absolute atomic E-state index is 0.636. The van der Waals surface area contributed by atoms with Crippen molar-refractivity contribution in [3.05, 3.63) is 16.7 Å². The van der Waals surface area contributed by atoms with Crippen LogP contribution < -0.4 is 0 Å². The summed E-state index contributed by atoms with van der Waals surface area (Å²) in [6.07, 6.45) is 4.50. The molecule has 1 rings (SSSR count). The standard InChI is InChI=1S/C12H23N3S/c1-10(2)14(4)7-5-6-8-15-9-11(3)13-12(15)16/h9-10H,5-8H2,1-4H3,(H,13,16). The molecule has 0 aliphatic heterocycles. The Hall–Kier alpha value is -0.610. The lowest BCUT2D eigenvalue weighted by molar-refractivity contribution is 0.266. The van der Waals surface area contributed by atoms with Gasteiger partial charge < -0.3 is 14.5 Å². The summed E-state index contributed by atoms with van der Waals surface area (Å²) < 4.78 is 2.97. The van der Waals surface area contributed by atoms with Gasteiger partial charge in [-0.3, -0.25) is 0 Å². The maximum Gasteiger partial charge on any atom is 0.177 e. The van der Waals surface area contributed by atoms with E-state index in [9.17, 15) is 0 Å². The molecule has 0 fully saturated rings. The van der Waals surface area contributed by atoms with Gasteiger partial charge >= 0.3 is 0 Å². The van der Waals surface area contributed by atoms with Crippen LogP contribution in [-0.4, -0.2) is 34.1 Å². The van der Waals surface area contributed by atoms with Crippen LogP contribution in [0.5, 0.6) is 0 Å². The summed E-state index contributed by atoms with van der Waals surface area (Å²) in [5.74, 6) is 0. The van der Waals surface area contributed by atoms with E-state index in [1.54, 1.807) is 0 Å². The Bertz CT molecular complexity index is 365. The van der Waals surface area contributed by atoms with Gasteiger partial charge in [-0.1, -0.05) is 0 Å². The average Bonchev–Trinajstić information content (AvgIpc) is 2.51. The fraction of sp³-hybridized carbons (Fsp3) is 0.750. The van der Waals surface area contributed by atoms with Gasteiger partial charge in [0.25, 0.3) is 0 Å². The number of aryl methyl sites for hydroxylation is 2. The summed E-state index contributed by atoms with van der Waals surface area (Å²) in [5, 5.41) is 0. The Morgan fingerprint density at radius 2 is 2.12 bits per heavy atom. The molecule has 1 aromatic heterocycles. The van der Waals surface area contributed by atoms with Crippen molar-refractivity contribution in [2.24, 2.45) is 0 Å². The van der Waals surface area contributed by atoms with Crippen LogP contribution in [0.3, 0.4) is 0 Å². The molecule has 1 aromatic rings. The Morgan fingerprint density at radius 1 is 1.44 bits per heavy atom. The molecule has 92 valence electrons. The summed E-state index contributed by atoms with van der Waals surface area (Å²) in [6, 6.07) is 0.636. The van der Waals surface area contributed by atoms with E-state index in [2.05, 4.69) is 41.5 Å². The number of nitrogens with one attached hydrogen (secondary N) is 1. The van der Waals surface area contributed by atoms with E-state index in [1.165, 1.54) is 12.8 Å². The van der Waals surface area contributed by atoms with Crippen molar-refractivity contribution >= 4 is 12.2 Å². The highest BCUT2D eigenvalue weighted by atomic mass is 32.1. The molecule has 0 saturated carbocycles. The monoisotopic (exact) mass is 241 g/mol. The highest BCUT2D eigenvalue weighted by Gasteiger charge is 2.02. The second kappa shape index (κ2) is 6.21. The van der Waals surface area contributed by atoms with Crippen molar-refractivity contribution in [2.45, 2.75) is 46.2 Å². The van der Waals surface area contributed by atoms with Gasteiger partial charge in [-0.15, -0.1) is 0 Å². The van der Waals surface area contributed by atoms with E-state index in [0.717, 1.165) is 23.6 Å². The SMILES string of the molecule is Cc1cn(CCCCN(C)C(C)C)c(=S)[nH]1. The molecule has 0 amide bonds. The zero-order valence-electron chi connectivity index (χ0n) is 10.8. The lowest BCUT2D eigenvalue weighted by Crippen LogP contribution is -2.27. The third-order valence-corrected chi connectivity index (χ3v) is 3.29. The summed E-state index contributed by atoms with van der Waals surface area (Å²) in [7, 11) is 2.18. The molecule has 0 aliphatic rings. The van der Waals surface area contributed by atoms with Gasteiger partial charge in [-0.05, 0) is 59.4 Å². The number of hydrogen-bond donors (Lipinski definition) is 1. The molecule has 0 radical (unpaired) electrons. The van der Waals surface area contributed by atoms with Gasteiger partial charge in [0, 0.05) is 24.5 Å². The fourth-order valence-electron chi connectivity index (χ4n) is 1.63. The van der Waals surface area contributed by atoms with E-state index in [4.69, 9.17) is 12.2 Å². The molecule has 0 aromatic carbocycles. The Labute approximate surface area is 103 Å². The highest BCUT2D eigenvalue weighted by Crippen LogP contribution is 2.03. The molecule has 0 spiro atoms. The van der Waals surface area contributed by atoms with Gasteiger partial charge in [0.05, 0.1) is 0 Å². The van der Waals surface area contributed by atoms with Crippen molar-refractivity contribution in [3.63, 3.8) is 0 Å². The van der Waals surface area contributed by atoms with Gasteiger partial charge in [0.15, 0.2) is 4.77 Å². The number of aromatic nitrogens is 2. The van der Waals surface area contributed by atoms with Crippen molar-refractivity contribution in [2.75, 3.05) is 13.6 Å². The van der Waals surface area contributed by atoms with Crippen molar-refractivity contribution in [1.29, 1.82) is 0 Å². The van der Waals surface area contributed by atoms with E-state index in [-0.39, 0.29) is 0 Å². The topological polar surface area (TPSA) is 24.0 Å². The maximum atomic E-state index is 5.21. The number of H-pyrrole nitrogens is 1. The third kappa shape index (κ3) is 4.10. The minimum atomic E-state index is 0.636. The van der Waals surface area contributed by atoms with Crippen molar-refractivity contribution < 1.29 is 0 Å². The maximum absolute atomic E-state index is 5.21. The number of hydrogen-bond acceptors (Lipinski definition) is 2. The van der Waals surface area contributed by atoms with Crippen molar-refractivity contribution in [3.8, 4) is 0 Å². The zero-order valence-corrected chi connectivity index (χ0v) is 11.6. The normalized spacial score (nSPS) is 11.6. The smallest absolute Gasteiger partial charge is 0.177 e. The summed E-state index contributed by atoms with van der Waals surface area (Å²) in [5.41, 5.74) is 1.14. The lowest BCUT2D eigenvalue weighted by atomic mass is 10.2. The zero-order chi connectivity index (χ0) is 12.1. The fourth-order valence-corrected chi connectivity index (χ4v) is 1.94. The third-order valence-electron chi connectivity index (χ3n) is 2.96. The second-order valence-electron chi connectivity index (χ2n) is 4.72. The first-order valence-corrected chi connectivity index (χ1v) is 6.38. The van der Waals surface area contributed by atoms with Gasteiger partial charge in [-0.25, -0.2) is 0 Å². The molecule has 0 atom stereocenters. The van der Waals surface area contributed by atoms with Gasteiger partial charge in [0.2, 0.25) is 0 Å². The number of imidazole rings is 1. The van der Waals surface area contributed by atoms with E-state index in [0.29, 0.717) is 6.04 Å². The van der Waals surface area contributed by atoms with Crippen molar-refractivity contribution in [1.82, 2.24) is 14.5 Å². The molecule has 0 unspecified atom stereocenters.